The normalized spacial score (nSPS) is 17.7. The molecule has 1 atom stereocenters. The van der Waals surface area contributed by atoms with E-state index in [1.54, 1.807) is 23.1 Å². The van der Waals surface area contributed by atoms with Gasteiger partial charge in [0.1, 0.15) is 5.75 Å². The molecule has 2 aromatic carbocycles. The maximum atomic E-state index is 12.7. The number of alkyl halides is 3. The van der Waals surface area contributed by atoms with Crippen LogP contribution >= 0.6 is 0 Å². The van der Waals surface area contributed by atoms with Crippen LogP contribution in [0.4, 0.5) is 18.9 Å². The Morgan fingerprint density at radius 2 is 1.97 bits per heavy atom. The van der Waals surface area contributed by atoms with Crippen LogP contribution in [0.2, 0.25) is 0 Å². The number of nitrogens with zero attached hydrogens (tertiary/aromatic N) is 1. The smallest absolute Gasteiger partial charge is 0.416 e. The Morgan fingerprint density at radius 1 is 1.16 bits per heavy atom. The van der Waals surface area contributed by atoms with Gasteiger partial charge in [0.15, 0.2) is 18.1 Å². The van der Waals surface area contributed by atoms with Crippen molar-refractivity contribution >= 4 is 17.5 Å². The van der Waals surface area contributed by atoms with Crippen molar-refractivity contribution in [3.63, 3.8) is 0 Å². The lowest BCUT2D eigenvalue weighted by Gasteiger charge is -2.17. The van der Waals surface area contributed by atoms with E-state index in [-0.39, 0.29) is 37.3 Å². The van der Waals surface area contributed by atoms with Gasteiger partial charge in [0.2, 0.25) is 12.7 Å². The highest BCUT2D eigenvalue weighted by Gasteiger charge is 2.32. The van der Waals surface area contributed by atoms with Gasteiger partial charge >= 0.3 is 6.18 Å². The lowest BCUT2D eigenvalue weighted by Crippen LogP contribution is -2.34. The van der Waals surface area contributed by atoms with Crippen molar-refractivity contribution in [2.45, 2.75) is 12.6 Å². The van der Waals surface area contributed by atoms with Gasteiger partial charge < -0.3 is 24.4 Å². The number of carbonyl (C=O) groups is 2. The molecule has 7 nitrogen and oxygen atoms in total. The predicted octanol–water partition coefficient (Wildman–Crippen LogP) is 2.98. The van der Waals surface area contributed by atoms with E-state index >= 15 is 0 Å². The third kappa shape index (κ3) is 4.84. The van der Waals surface area contributed by atoms with Gasteiger partial charge in [-0.05, 0) is 30.3 Å². The Hall–Kier alpha value is -3.43. The average molecular weight is 436 g/mol. The molecule has 0 aromatic heterocycles. The second-order valence-corrected chi connectivity index (χ2v) is 7.23. The molecule has 0 aliphatic carbocycles. The number of hydrogen-bond donors (Lipinski definition) is 1. The second-order valence-electron chi connectivity index (χ2n) is 7.23. The van der Waals surface area contributed by atoms with Crippen LogP contribution in [-0.4, -0.2) is 38.3 Å². The Morgan fingerprint density at radius 3 is 2.77 bits per heavy atom. The first-order valence-electron chi connectivity index (χ1n) is 9.56. The highest BCUT2D eigenvalue weighted by molar-refractivity contribution is 5.96. The van der Waals surface area contributed by atoms with E-state index in [2.05, 4.69) is 5.32 Å². The quantitative estimate of drug-likeness (QED) is 0.754. The van der Waals surface area contributed by atoms with Gasteiger partial charge in [-0.3, -0.25) is 9.59 Å². The van der Waals surface area contributed by atoms with E-state index in [1.165, 1.54) is 12.1 Å². The molecule has 164 valence electrons. The molecule has 0 saturated carbocycles. The summed E-state index contributed by atoms with van der Waals surface area (Å²) in [4.78, 5) is 26.0. The summed E-state index contributed by atoms with van der Waals surface area (Å²) < 4.78 is 54.0. The average Bonchev–Trinajstić information content (AvgIpc) is 3.36. The third-order valence-electron chi connectivity index (χ3n) is 4.99. The fourth-order valence-corrected chi connectivity index (χ4v) is 3.44. The van der Waals surface area contributed by atoms with Crippen LogP contribution in [0.25, 0.3) is 0 Å². The van der Waals surface area contributed by atoms with Gasteiger partial charge in [-0.15, -0.1) is 0 Å². The Kier molecular flexibility index (Phi) is 5.62. The maximum absolute atomic E-state index is 12.7. The van der Waals surface area contributed by atoms with Gasteiger partial charge in [0.05, 0.1) is 5.56 Å². The summed E-state index contributed by atoms with van der Waals surface area (Å²) in [6.45, 7) is 0.391. The molecule has 1 N–H and O–H groups in total. The number of amides is 2. The number of rotatable bonds is 6. The molecular formula is C21H19F3N2O5. The number of hydrogen-bond acceptors (Lipinski definition) is 5. The summed E-state index contributed by atoms with van der Waals surface area (Å²) in [5.74, 6) is 0.504. The molecule has 2 aliphatic rings. The number of benzene rings is 2. The zero-order valence-corrected chi connectivity index (χ0v) is 16.3. The largest absolute Gasteiger partial charge is 0.484 e. The van der Waals surface area contributed by atoms with Crippen LogP contribution in [0.3, 0.4) is 0 Å². The molecular weight excluding hydrogens is 417 g/mol. The Balaban J connectivity index is 1.26. The number of anilines is 1. The van der Waals surface area contributed by atoms with Crippen molar-refractivity contribution in [1.82, 2.24) is 5.32 Å². The number of nitrogens with one attached hydrogen (secondary N) is 1. The number of fused-ring (bicyclic) bond motifs is 1. The molecule has 1 unspecified atom stereocenters. The van der Waals surface area contributed by atoms with E-state index in [0.717, 1.165) is 12.1 Å². The molecule has 2 aliphatic heterocycles. The van der Waals surface area contributed by atoms with Crippen molar-refractivity contribution in [1.29, 1.82) is 0 Å². The third-order valence-corrected chi connectivity index (χ3v) is 4.99. The lowest BCUT2D eigenvalue weighted by atomic mass is 10.1. The van der Waals surface area contributed by atoms with Gasteiger partial charge in [-0.1, -0.05) is 6.07 Å². The molecule has 1 fully saturated rings. The molecule has 0 bridgehead atoms. The Bertz CT molecular complexity index is 995. The van der Waals surface area contributed by atoms with E-state index in [9.17, 15) is 22.8 Å². The minimum atomic E-state index is -4.49. The SMILES string of the molecule is O=C(COc1cccc(C(F)(F)F)c1)NCC1CC(=O)N(c2ccc3c(c2)OCO3)C1. The summed E-state index contributed by atoms with van der Waals surface area (Å²) in [5.41, 5.74) is -0.158. The highest BCUT2D eigenvalue weighted by Crippen LogP contribution is 2.37. The number of ether oxygens (including phenoxy) is 3. The molecule has 2 heterocycles. The lowest BCUT2D eigenvalue weighted by molar-refractivity contribution is -0.137. The monoisotopic (exact) mass is 436 g/mol. The fraction of sp³-hybridized carbons (Fsp3) is 0.333. The number of carbonyl (C=O) groups excluding carboxylic acids is 2. The van der Waals surface area contributed by atoms with E-state index < -0.39 is 24.3 Å². The van der Waals surface area contributed by atoms with E-state index in [4.69, 9.17) is 14.2 Å². The second kappa shape index (κ2) is 8.37. The number of halogens is 3. The molecule has 2 aromatic rings. The van der Waals surface area contributed by atoms with Crippen molar-refractivity contribution in [3.8, 4) is 17.2 Å². The first-order valence-corrected chi connectivity index (χ1v) is 9.56. The summed E-state index contributed by atoms with van der Waals surface area (Å²) in [6.07, 6.45) is -4.22. The van der Waals surface area contributed by atoms with Crippen LogP contribution in [0, 0.1) is 5.92 Å². The van der Waals surface area contributed by atoms with Gasteiger partial charge in [0.25, 0.3) is 5.91 Å². The molecule has 0 spiro atoms. The molecule has 10 heteroatoms. The summed E-state index contributed by atoms with van der Waals surface area (Å²) in [7, 11) is 0. The minimum Gasteiger partial charge on any atom is -0.484 e. The topological polar surface area (TPSA) is 77.1 Å². The molecule has 1 saturated heterocycles. The standard InChI is InChI=1S/C21H19F3N2O5/c22-21(23,24)14-2-1-3-16(7-14)29-11-19(27)25-9-13-6-20(28)26(10-13)15-4-5-17-18(8-15)31-12-30-17/h1-5,7-8,13H,6,9-12H2,(H,25,27). The first kappa shape index (κ1) is 20.8. The van der Waals surface area contributed by atoms with Crippen LogP contribution in [0.1, 0.15) is 12.0 Å². The maximum Gasteiger partial charge on any atom is 0.416 e. The van der Waals surface area contributed by atoms with Gasteiger partial charge in [0, 0.05) is 37.2 Å². The Labute approximate surface area is 175 Å². The first-order chi connectivity index (χ1) is 14.8. The molecule has 0 radical (unpaired) electrons. The summed E-state index contributed by atoms with van der Waals surface area (Å²) in [5, 5.41) is 2.66. The van der Waals surface area contributed by atoms with Gasteiger partial charge in [-0.2, -0.15) is 13.2 Å². The molecule has 31 heavy (non-hydrogen) atoms. The van der Waals surface area contributed by atoms with Crippen LogP contribution in [0.5, 0.6) is 17.2 Å². The molecule has 2 amide bonds. The zero-order valence-electron chi connectivity index (χ0n) is 16.3. The van der Waals surface area contributed by atoms with E-state index in [1.807, 2.05) is 0 Å². The zero-order chi connectivity index (χ0) is 22.0. The summed E-state index contributed by atoms with van der Waals surface area (Å²) in [6, 6.07) is 9.58. The predicted molar refractivity (Wildman–Crippen MR) is 103 cm³/mol. The van der Waals surface area contributed by atoms with Crippen molar-refractivity contribution in [2.24, 2.45) is 5.92 Å². The van der Waals surface area contributed by atoms with Gasteiger partial charge in [-0.25, -0.2) is 0 Å². The van der Waals surface area contributed by atoms with Crippen molar-refractivity contribution in [3.05, 3.63) is 48.0 Å². The van der Waals surface area contributed by atoms with Crippen molar-refractivity contribution < 1.29 is 37.0 Å². The van der Waals surface area contributed by atoms with Crippen LogP contribution in [-0.2, 0) is 15.8 Å². The van der Waals surface area contributed by atoms with E-state index in [0.29, 0.717) is 23.7 Å². The summed E-state index contributed by atoms with van der Waals surface area (Å²) >= 11 is 0. The van der Waals surface area contributed by atoms with Crippen LogP contribution < -0.4 is 24.4 Å². The fourth-order valence-electron chi connectivity index (χ4n) is 3.44. The van der Waals surface area contributed by atoms with Crippen molar-refractivity contribution in [2.75, 3.05) is 31.4 Å². The minimum absolute atomic E-state index is 0.0463. The highest BCUT2D eigenvalue weighted by atomic mass is 19.4. The van der Waals surface area contributed by atoms with Crippen LogP contribution in [0.15, 0.2) is 42.5 Å². The molecule has 4 rings (SSSR count).